The van der Waals surface area contributed by atoms with Gasteiger partial charge in [0.2, 0.25) is 0 Å². The summed E-state index contributed by atoms with van der Waals surface area (Å²) in [5.41, 5.74) is 0. The SMILES string of the molecule is CC\C=C/C=C\C=C/C=C\C=C\C=C/C=C\CCCCCC(=O)OCC(COC(=O)CCCC/C=C\C/C=C\C/C=C\CC)OC(=O)CCCCCCCCCCCCCCCCCCC. The molecule has 0 saturated carbocycles. The molecule has 66 heavy (non-hydrogen) atoms. The average molecular weight is 913 g/mol. The van der Waals surface area contributed by atoms with Gasteiger partial charge in [0.15, 0.2) is 6.10 Å². The first kappa shape index (κ1) is 61.8. The van der Waals surface area contributed by atoms with Crippen LogP contribution in [-0.2, 0) is 28.6 Å². The molecule has 0 aliphatic heterocycles. The monoisotopic (exact) mass is 913 g/mol. The molecule has 6 nitrogen and oxygen atoms in total. The predicted molar refractivity (Wildman–Crippen MR) is 283 cm³/mol. The van der Waals surface area contributed by atoms with Crippen molar-refractivity contribution < 1.29 is 28.6 Å². The number of allylic oxidation sites excluding steroid dienone is 20. The molecule has 0 bridgehead atoms. The van der Waals surface area contributed by atoms with Gasteiger partial charge in [0, 0.05) is 19.3 Å². The van der Waals surface area contributed by atoms with E-state index in [1.807, 2.05) is 72.9 Å². The Balaban J connectivity index is 4.52. The van der Waals surface area contributed by atoms with E-state index in [2.05, 4.69) is 69.4 Å². The zero-order valence-electron chi connectivity index (χ0n) is 42.4. The highest BCUT2D eigenvalue weighted by Crippen LogP contribution is 2.15. The third kappa shape index (κ3) is 50.8. The van der Waals surface area contributed by atoms with Crippen LogP contribution in [0.5, 0.6) is 0 Å². The van der Waals surface area contributed by atoms with Crippen LogP contribution in [0.25, 0.3) is 0 Å². The summed E-state index contributed by atoms with van der Waals surface area (Å²) < 4.78 is 16.7. The number of hydrogen-bond acceptors (Lipinski definition) is 6. The van der Waals surface area contributed by atoms with Gasteiger partial charge in [0.1, 0.15) is 13.2 Å². The highest BCUT2D eigenvalue weighted by atomic mass is 16.6. The van der Waals surface area contributed by atoms with Gasteiger partial charge >= 0.3 is 17.9 Å². The largest absolute Gasteiger partial charge is 0.462 e. The lowest BCUT2D eigenvalue weighted by molar-refractivity contribution is -0.167. The van der Waals surface area contributed by atoms with Crippen LogP contribution >= 0.6 is 0 Å². The maximum absolute atomic E-state index is 12.8. The molecule has 0 aromatic carbocycles. The molecule has 372 valence electrons. The van der Waals surface area contributed by atoms with Gasteiger partial charge in [-0.3, -0.25) is 14.4 Å². The second-order valence-electron chi connectivity index (χ2n) is 17.2. The second kappa shape index (κ2) is 53.4. The minimum atomic E-state index is -0.814. The summed E-state index contributed by atoms with van der Waals surface area (Å²) in [5, 5.41) is 0. The zero-order valence-corrected chi connectivity index (χ0v) is 42.4. The van der Waals surface area contributed by atoms with Gasteiger partial charge in [-0.05, 0) is 70.6 Å². The first-order chi connectivity index (χ1) is 32.5. The minimum Gasteiger partial charge on any atom is -0.462 e. The van der Waals surface area contributed by atoms with E-state index in [4.69, 9.17) is 14.2 Å². The van der Waals surface area contributed by atoms with Crippen LogP contribution in [0.1, 0.15) is 220 Å². The van der Waals surface area contributed by atoms with Crippen LogP contribution in [0.4, 0.5) is 0 Å². The van der Waals surface area contributed by atoms with Crippen molar-refractivity contribution in [3.05, 3.63) is 122 Å². The highest BCUT2D eigenvalue weighted by Gasteiger charge is 2.19. The van der Waals surface area contributed by atoms with E-state index >= 15 is 0 Å². The summed E-state index contributed by atoms with van der Waals surface area (Å²) in [6.07, 6.45) is 73.3. The fourth-order valence-corrected chi connectivity index (χ4v) is 6.97. The third-order valence-corrected chi connectivity index (χ3v) is 10.9. The summed E-state index contributed by atoms with van der Waals surface area (Å²) in [4.78, 5) is 38.0. The smallest absolute Gasteiger partial charge is 0.306 e. The molecule has 0 radical (unpaired) electrons. The lowest BCUT2D eigenvalue weighted by atomic mass is 10.0. The summed E-state index contributed by atoms with van der Waals surface area (Å²) in [6, 6.07) is 0. The van der Waals surface area contributed by atoms with Crippen molar-refractivity contribution >= 4 is 17.9 Å². The van der Waals surface area contributed by atoms with Crippen LogP contribution in [-0.4, -0.2) is 37.2 Å². The quantitative estimate of drug-likeness (QED) is 0.0199. The molecule has 0 fully saturated rings. The van der Waals surface area contributed by atoms with Crippen molar-refractivity contribution in [2.75, 3.05) is 13.2 Å². The molecule has 0 heterocycles. The fourth-order valence-electron chi connectivity index (χ4n) is 6.97. The van der Waals surface area contributed by atoms with Crippen molar-refractivity contribution in [2.24, 2.45) is 0 Å². The first-order valence-electron chi connectivity index (χ1n) is 26.6. The Morgan fingerprint density at radius 1 is 0.333 bits per heavy atom. The number of carbonyl (C=O) groups is 3. The molecule has 0 aromatic rings. The maximum Gasteiger partial charge on any atom is 0.306 e. The molecule has 0 saturated heterocycles. The second-order valence-corrected chi connectivity index (χ2v) is 17.2. The topological polar surface area (TPSA) is 78.9 Å². The van der Waals surface area contributed by atoms with Crippen LogP contribution in [0, 0.1) is 0 Å². The number of esters is 3. The standard InChI is InChI=1S/C60H96O6/c1-4-7-10-13-16-19-22-25-27-29-30-32-33-35-38-41-44-47-50-53-59(62)65-56-57(55-64-58(61)52-49-46-43-40-37-24-21-18-15-12-9-6-3)66-60(63)54-51-48-45-42-39-36-34-31-28-26-23-20-17-14-11-8-5-2/h7,9-10,12-13,16,18-19,21-22,25,27,29-30,32-33,35,37-38,40,57H,4-6,8,11,14-15,17,20,23-24,26,28,31,34,36,39,41-56H2,1-3H3/b10-7-,12-9-,16-13-,21-18-,22-19-,27-25-,30-29+,33-32-,38-35-,40-37-. The van der Waals surface area contributed by atoms with Gasteiger partial charge in [-0.1, -0.05) is 251 Å². The Morgan fingerprint density at radius 3 is 1.14 bits per heavy atom. The highest BCUT2D eigenvalue weighted by molar-refractivity contribution is 5.71. The summed E-state index contributed by atoms with van der Waals surface area (Å²) in [6.45, 7) is 6.30. The normalized spacial score (nSPS) is 13.1. The molecular formula is C60H96O6. The third-order valence-electron chi connectivity index (χ3n) is 10.9. The number of hydrogen-bond donors (Lipinski definition) is 0. The Kier molecular flexibility index (Phi) is 50.0. The van der Waals surface area contributed by atoms with Gasteiger partial charge in [-0.15, -0.1) is 0 Å². The van der Waals surface area contributed by atoms with E-state index in [9.17, 15) is 14.4 Å². The van der Waals surface area contributed by atoms with Gasteiger partial charge in [0.25, 0.3) is 0 Å². The fraction of sp³-hybridized carbons (Fsp3) is 0.617. The van der Waals surface area contributed by atoms with Crippen molar-refractivity contribution in [3.8, 4) is 0 Å². The molecule has 0 aliphatic carbocycles. The van der Waals surface area contributed by atoms with Crippen LogP contribution in [0.15, 0.2) is 122 Å². The van der Waals surface area contributed by atoms with Crippen LogP contribution in [0.3, 0.4) is 0 Å². The molecule has 0 aliphatic rings. The molecule has 0 N–H and O–H groups in total. The van der Waals surface area contributed by atoms with E-state index in [0.717, 1.165) is 89.9 Å². The van der Waals surface area contributed by atoms with E-state index in [1.54, 1.807) is 0 Å². The Morgan fingerprint density at radius 2 is 0.667 bits per heavy atom. The molecule has 1 unspecified atom stereocenters. The molecule has 0 rings (SSSR count). The van der Waals surface area contributed by atoms with Crippen molar-refractivity contribution in [1.82, 2.24) is 0 Å². The first-order valence-corrected chi connectivity index (χ1v) is 26.6. The van der Waals surface area contributed by atoms with Crippen LogP contribution < -0.4 is 0 Å². The van der Waals surface area contributed by atoms with Gasteiger partial charge < -0.3 is 14.2 Å². The van der Waals surface area contributed by atoms with Crippen LogP contribution in [0.2, 0.25) is 0 Å². The van der Waals surface area contributed by atoms with Gasteiger partial charge in [-0.25, -0.2) is 0 Å². The van der Waals surface area contributed by atoms with Crippen molar-refractivity contribution in [1.29, 1.82) is 0 Å². The summed E-state index contributed by atoms with van der Waals surface area (Å²) in [5.74, 6) is -0.998. The summed E-state index contributed by atoms with van der Waals surface area (Å²) in [7, 11) is 0. The van der Waals surface area contributed by atoms with Gasteiger partial charge in [-0.2, -0.15) is 0 Å². The summed E-state index contributed by atoms with van der Waals surface area (Å²) >= 11 is 0. The number of unbranched alkanes of at least 4 members (excludes halogenated alkanes) is 21. The predicted octanol–water partition coefficient (Wildman–Crippen LogP) is 17.7. The number of rotatable bonds is 46. The zero-order chi connectivity index (χ0) is 47.9. The minimum absolute atomic E-state index is 0.115. The van der Waals surface area contributed by atoms with E-state index in [1.165, 1.54) is 89.9 Å². The van der Waals surface area contributed by atoms with Crippen molar-refractivity contribution in [3.63, 3.8) is 0 Å². The molecular weight excluding hydrogens is 817 g/mol. The van der Waals surface area contributed by atoms with Gasteiger partial charge in [0.05, 0.1) is 0 Å². The molecule has 0 spiro atoms. The van der Waals surface area contributed by atoms with E-state index < -0.39 is 6.10 Å². The molecule has 6 heteroatoms. The average Bonchev–Trinajstić information content (AvgIpc) is 3.31. The lowest BCUT2D eigenvalue weighted by Gasteiger charge is -2.18. The Hall–Kier alpha value is -4.19. The molecule has 0 aromatic heterocycles. The Labute approximate surface area is 405 Å². The number of ether oxygens (including phenoxy) is 3. The van der Waals surface area contributed by atoms with E-state index in [0.29, 0.717) is 19.3 Å². The molecule has 1 atom stereocenters. The number of carbonyl (C=O) groups excluding carboxylic acids is 3. The maximum atomic E-state index is 12.8. The van der Waals surface area contributed by atoms with Crippen molar-refractivity contribution in [2.45, 2.75) is 226 Å². The Bertz CT molecular complexity index is 1420. The lowest BCUT2D eigenvalue weighted by Crippen LogP contribution is -2.30. The van der Waals surface area contributed by atoms with E-state index in [-0.39, 0.29) is 31.1 Å². The molecule has 0 amide bonds.